The molecule has 0 spiro atoms. The molecule has 3 rings (SSSR count). The molecule has 0 bridgehead atoms. The fourth-order valence-corrected chi connectivity index (χ4v) is 5.45. The lowest BCUT2D eigenvalue weighted by Crippen LogP contribution is -2.40. The molecule has 0 saturated carbocycles. The molecule has 160 valence electrons. The minimum atomic E-state index is -3.42. The average molecular weight is 549 g/mol. The molecule has 0 aliphatic carbocycles. The first kappa shape index (κ1) is 24.1. The zero-order valence-corrected chi connectivity index (χ0v) is 20.5. The van der Waals surface area contributed by atoms with Crippen molar-refractivity contribution in [2.45, 2.75) is 24.0 Å². The van der Waals surface area contributed by atoms with Crippen LogP contribution in [0.15, 0.2) is 57.0 Å². The topological polar surface area (TPSA) is 73.8 Å². The number of aliphatic imine (C=N–C) groups is 1. The van der Waals surface area contributed by atoms with E-state index < -0.39 is 10.0 Å². The Morgan fingerprint density at radius 3 is 2.72 bits per heavy atom. The van der Waals surface area contributed by atoms with Crippen LogP contribution in [0.2, 0.25) is 0 Å². The second kappa shape index (κ2) is 11.9. The number of nitrogens with one attached hydrogen (secondary N) is 2. The fraction of sp³-hybridized carbons (Fsp3) is 0.450. The highest BCUT2D eigenvalue weighted by molar-refractivity contribution is 14.0. The second-order valence-corrected chi connectivity index (χ2v) is 9.80. The van der Waals surface area contributed by atoms with Crippen LogP contribution in [-0.4, -0.2) is 52.0 Å². The van der Waals surface area contributed by atoms with Crippen LogP contribution in [0.3, 0.4) is 0 Å². The molecule has 2 heterocycles. The number of benzene rings is 1. The number of sulfonamides is 1. The van der Waals surface area contributed by atoms with Crippen molar-refractivity contribution in [2.24, 2.45) is 10.9 Å². The van der Waals surface area contributed by atoms with Gasteiger partial charge in [0.1, 0.15) is 4.21 Å². The van der Waals surface area contributed by atoms with Crippen LogP contribution in [0.5, 0.6) is 0 Å². The number of halogens is 1. The molecule has 1 aliphatic heterocycles. The van der Waals surface area contributed by atoms with Crippen molar-refractivity contribution < 1.29 is 8.42 Å². The van der Waals surface area contributed by atoms with E-state index >= 15 is 0 Å². The van der Waals surface area contributed by atoms with Crippen molar-refractivity contribution in [1.82, 2.24) is 14.9 Å². The SMILES string of the molecule is CCNC(=NCCNS(=O)(=O)c1cccs1)N1CCC(Cc2ccccc2)C1.I. The summed E-state index contributed by atoms with van der Waals surface area (Å²) < 4.78 is 27.3. The molecule has 1 fully saturated rings. The van der Waals surface area contributed by atoms with Crippen molar-refractivity contribution in [3.63, 3.8) is 0 Å². The van der Waals surface area contributed by atoms with E-state index in [0.717, 1.165) is 38.4 Å². The normalized spacial score (nSPS) is 17.2. The second-order valence-electron chi connectivity index (χ2n) is 6.86. The van der Waals surface area contributed by atoms with Crippen molar-refractivity contribution in [3.05, 3.63) is 53.4 Å². The third-order valence-corrected chi connectivity index (χ3v) is 7.57. The quantitative estimate of drug-likeness (QED) is 0.230. The Balaban J connectivity index is 0.00000300. The van der Waals surface area contributed by atoms with Gasteiger partial charge in [-0.05, 0) is 42.7 Å². The number of thiophene rings is 1. The minimum Gasteiger partial charge on any atom is -0.357 e. The molecule has 2 N–H and O–H groups in total. The van der Waals surface area contributed by atoms with Gasteiger partial charge in [0.15, 0.2) is 5.96 Å². The van der Waals surface area contributed by atoms with Gasteiger partial charge < -0.3 is 10.2 Å². The smallest absolute Gasteiger partial charge is 0.250 e. The van der Waals surface area contributed by atoms with E-state index in [-0.39, 0.29) is 30.5 Å². The monoisotopic (exact) mass is 548 g/mol. The molecule has 6 nitrogen and oxygen atoms in total. The lowest BCUT2D eigenvalue weighted by Gasteiger charge is -2.21. The zero-order valence-electron chi connectivity index (χ0n) is 16.6. The fourth-order valence-electron chi connectivity index (χ4n) is 3.39. The largest absolute Gasteiger partial charge is 0.357 e. The van der Waals surface area contributed by atoms with Crippen LogP contribution in [0.4, 0.5) is 0 Å². The van der Waals surface area contributed by atoms with E-state index in [9.17, 15) is 8.42 Å². The standard InChI is InChI=1S/C20H28N4O2S2.HI/c1-2-21-20(22-11-12-23-28(25,26)19-9-6-14-27-19)24-13-10-18(16-24)15-17-7-4-3-5-8-17;/h3-9,14,18,23H,2,10-13,15-16H2,1H3,(H,21,22);1H. The molecule has 9 heteroatoms. The predicted octanol–water partition coefficient (Wildman–Crippen LogP) is 3.17. The Kier molecular flexibility index (Phi) is 9.87. The van der Waals surface area contributed by atoms with Crippen LogP contribution in [0.25, 0.3) is 0 Å². The molecule has 29 heavy (non-hydrogen) atoms. The van der Waals surface area contributed by atoms with E-state index in [1.165, 1.54) is 16.9 Å². The van der Waals surface area contributed by atoms with E-state index in [2.05, 4.69) is 44.2 Å². The summed E-state index contributed by atoms with van der Waals surface area (Å²) in [6, 6.07) is 13.9. The highest BCUT2D eigenvalue weighted by atomic mass is 127. The van der Waals surface area contributed by atoms with Gasteiger partial charge in [0.25, 0.3) is 0 Å². The summed E-state index contributed by atoms with van der Waals surface area (Å²) in [4.78, 5) is 6.91. The van der Waals surface area contributed by atoms with E-state index in [0.29, 0.717) is 16.7 Å². The molecule has 1 aromatic heterocycles. The Morgan fingerprint density at radius 2 is 2.03 bits per heavy atom. The van der Waals surface area contributed by atoms with Gasteiger partial charge in [-0.15, -0.1) is 35.3 Å². The summed E-state index contributed by atoms with van der Waals surface area (Å²) in [6.45, 7) is 5.49. The first-order chi connectivity index (χ1) is 13.6. The van der Waals surface area contributed by atoms with Gasteiger partial charge in [-0.2, -0.15) is 0 Å². The lowest BCUT2D eigenvalue weighted by atomic mass is 9.99. The Labute approximate surface area is 194 Å². The van der Waals surface area contributed by atoms with Gasteiger partial charge in [0.05, 0.1) is 6.54 Å². The van der Waals surface area contributed by atoms with E-state index in [4.69, 9.17) is 0 Å². The van der Waals surface area contributed by atoms with Crippen molar-refractivity contribution in [3.8, 4) is 0 Å². The molecule has 2 aromatic rings. The zero-order chi connectivity index (χ0) is 19.8. The van der Waals surface area contributed by atoms with Crippen molar-refractivity contribution in [1.29, 1.82) is 0 Å². The number of nitrogens with zero attached hydrogens (tertiary/aromatic N) is 2. The Bertz CT molecular complexity index is 858. The summed E-state index contributed by atoms with van der Waals surface area (Å²) in [5.41, 5.74) is 1.37. The van der Waals surface area contributed by atoms with Crippen LogP contribution < -0.4 is 10.0 Å². The molecule has 1 saturated heterocycles. The van der Waals surface area contributed by atoms with Gasteiger partial charge >= 0.3 is 0 Å². The molecule has 1 unspecified atom stereocenters. The number of hydrogen-bond donors (Lipinski definition) is 2. The molecular formula is C20H29IN4O2S2. The molecule has 1 atom stereocenters. The van der Waals surface area contributed by atoms with Crippen molar-refractivity contribution in [2.75, 3.05) is 32.7 Å². The summed E-state index contributed by atoms with van der Waals surface area (Å²) >= 11 is 1.22. The number of likely N-dealkylation sites (tertiary alicyclic amines) is 1. The van der Waals surface area contributed by atoms with Gasteiger partial charge in [0.2, 0.25) is 10.0 Å². The molecule has 1 aliphatic rings. The van der Waals surface area contributed by atoms with Gasteiger partial charge in [-0.3, -0.25) is 4.99 Å². The first-order valence-corrected chi connectivity index (χ1v) is 12.0. The number of hydrogen-bond acceptors (Lipinski definition) is 4. The first-order valence-electron chi connectivity index (χ1n) is 9.69. The predicted molar refractivity (Wildman–Crippen MR) is 131 cm³/mol. The van der Waals surface area contributed by atoms with Gasteiger partial charge in [-0.25, -0.2) is 13.1 Å². The summed E-state index contributed by atoms with van der Waals surface area (Å²) in [7, 11) is -3.42. The maximum atomic E-state index is 12.2. The van der Waals surface area contributed by atoms with Crippen LogP contribution in [-0.2, 0) is 16.4 Å². The minimum absolute atomic E-state index is 0. The third kappa shape index (κ3) is 7.23. The third-order valence-electron chi connectivity index (χ3n) is 4.71. The lowest BCUT2D eigenvalue weighted by molar-refractivity contribution is 0.460. The summed E-state index contributed by atoms with van der Waals surface area (Å²) in [6.07, 6.45) is 2.22. The van der Waals surface area contributed by atoms with Crippen LogP contribution >= 0.6 is 35.3 Å². The Hall–Kier alpha value is -1.17. The summed E-state index contributed by atoms with van der Waals surface area (Å²) in [5.74, 6) is 1.48. The maximum Gasteiger partial charge on any atom is 0.250 e. The number of rotatable bonds is 8. The van der Waals surface area contributed by atoms with Crippen molar-refractivity contribution >= 4 is 51.3 Å². The maximum absolute atomic E-state index is 12.2. The molecular weight excluding hydrogens is 519 g/mol. The average Bonchev–Trinajstić information content (AvgIpc) is 3.38. The van der Waals surface area contributed by atoms with Crippen LogP contribution in [0, 0.1) is 5.92 Å². The van der Waals surface area contributed by atoms with Gasteiger partial charge in [-0.1, -0.05) is 36.4 Å². The molecule has 1 aromatic carbocycles. The number of guanidine groups is 1. The molecule has 0 radical (unpaired) electrons. The van der Waals surface area contributed by atoms with E-state index in [1.807, 2.05) is 13.0 Å². The Morgan fingerprint density at radius 1 is 1.24 bits per heavy atom. The van der Waals surface area contributed by atoms with Gasteiger partial charge in [0, 0.05) is 26.2 Å². The highest BCUT2D eigenvalue weighted by Crippen LogP contribution is 2.21. The summed E-state index contributed by atoms with van der Waals surface area (Å²) in [5, 5.41) is 5.09. The van der Waals surface area contributed by atoms with Crippen LogP contribution in [0.1, 0.15) is 18.9 Å². The van der Waals surface area contributed by atoms with E-state index in [1.54, 1.807) is 17.5 Å². The molecule has 0 amide bonds. The highest BCUT2D eigenvalue weighted by Gasteiger charge is 2.25.